The highest BCUT2D eigenvalue weighted by atomic mass is 16.1. The Hall–Kier alpha value is -3.18. The van der Waals surface area contributed by atoms with Crippen molar-refractivity contribution >= 4 is 33.3 Å². The van der Waals surface area contributed by atoms with Crippen LogP contribution in [-0.2, 0) is 0 Å². The van der Waals surface area contributed by atoms with Gasteiger partial charge in [-0.25, -0.2) is 4.98 Å². The second kappa shape index (κ2) is 6.52. The van der Waals surface area contributed by atoms with Crippen LogP contribution in [0.4, 0.5) is 5.69 Å². The highest BCUT2D eigenvalue weighted by Crippen LogP contribution is 2.26. The maximum absolute atomic E-state index is 13.0. The normalized spacial score (nSPS) is 14.7. The quantitative estimate of drug-likeness (QED) is 0.553. The van der Waals surface area contributed by atoms with Crippen molar-refractivity contribution in [2.24, 2.45) is 0 Å². The first-order chi connectivity index (χ1) is 13.3. The number of aromatic nitrogens is 2. The van der Waals surface area contributed by atoms with E-state index in [1.807, 2.05) is 54.6 Å². The largest absolute Gasteiger partial charge is 0.367 e. The SMILES string of the molecule is O=C(c1ccc2ccccc2c1)c1nc2c(N3CCNCC3)cccc2[nH]1. The van der Waals surface area contributed by atoms with Crippen LogP contribution >= 0.6 is 0 Å². The molecule has 3 aromatic carbocycles. The molecule has 4 aromatic rings. The maximum atomic E-state index is 13.0. The molecule has 1 saturated heterocycles. The number of H-pyrrole nitrogens is 1. The Morgan fingerprint density at radius 2 is 1.74 bits per heavy atom. The van der Waals surface area contributed by atoms with Gasteiger partial charge >= 0.3 is 0 Å². The first kappa shape index (κ1) is 16.0. The second-order valence-corrected chi connectivity index (χ2v) is 6.89. The van der Waals surface area contributed by atoms with Crippen LogP contribution in [0.15, 0.2) is 60.7 Å². The number of hydrogen-bond donors (Lipinski definition) is 2. The Morgan fingerprint density at radius 3 is 2.59 bits per heavy atom. The Labute approximate surface area is 157 Å². The summed E-state index contributed by atoms with van der Waals surface area (Å²) in [5, 5.41) is 5.55. The average Bonchev–Trinajstić information content (AvgIpc) is 3.18. The Bertz CT molecular complexity index is 1140. The van der Waals surface area contributed by atoms with E-state index in [1.54, 1.807) is 0 Å². The van der Waals surface area contributed by atoms with Gasteiger partial charge in [-0.1, -0.05) is 42.5 Å². The monoisotopic (exact) mass is 356 g/mol. The number of imidazole rings is 1. The van der Waals surface area contributed by atoms with Crippen molar-refractivity contribution in [2.45, 2.75) is 0 Å². The lowest BCUT2D eigenvalue weighted by atomic mass is 10.0. The fourth-order valence-electron chi connectivity index (χ4n) is 3.75. The number of fused-ring (bicyclic) bond motifs is 2. The lowest BCUT2D eigenvalue weighted by molar-refractivity contribution is 0.103. The maximum Gasteiger partial charge on any atom is 0.228 e. The van der Waals surface area contributed by atoms with Crippen LogP contribution in [0, 0.1) is 0 Å². The molecule has 2 N–H and O–H groups in total. The number of nitrogens with one attached hydrogen (secondary N) is 2. The molecule has 1 aliphatic rings. The third-order valence-corrected chi connectivity index (χ3v) is 5.18. The number of carbonyl (C=O) groups is 1. The van der Waals surface area contributed by atoms with Crippen LogP contribution < -0.4 is 10.2 Å². The van der Waals surface area contributed by atoms with E-state index in [4.69, 9.17) is 0 Å². The summed E-state index contributed by atoms with van der Waals surface area (Å²) < 4.78 is 0. The van der Waals surface area contributed by atoms with E-state index in [0.29, 0.717) is 11.4 Å². The summed E-state index contributed by atoms with van der Waals surface area (Å²) in [6, 6.07) is 19.9. The number of carbonyl (C=O) groups excluding carboxylic acids is 1. The predicted molar refractivity (Wildman–Crippen MR) is 109 cm³/mol. The number of hydrogen-bond acceptors (Lipinski definition) is 4. The van der Waals surface area contributed by atoms with Gasteiger partial charge in [0.2, 0.25) is 5.78 Å². The number of anilines is 1. The highest BCUT2D eigenvalue weighted by molar-refractivity contribution is 6.10. The third kappa shape index (κ3) is 2.86. The van der Waals surface area contributed by atoms with Crippen molar-refractivity contribution in [1.82, 2.24) is 15.3 Å². The van der Waals surface area contributed by atoms with E-state index in [0.717, 1.165) is 53.7 Å². The minimum absolute atomic E-state index is 0.0804. The third-order valence-electron chi connectivity index (χ3n) is 5.18. The predicted octanol–water partition coefficient (Wildman–Crippen LogP) is 3.36. The molecule has 2 heterocycles. The molecule has 5 heteroatoms. The second-order valence-electron chi connectivity index (χ2n) is 6.89. The average molecular weight is 356 g/mol. The number of aromatic amines is 1. The number of para-hydroxylation sites is 1. The van der Waals surface area contributed by atoms with E-state index in [1.165, 1.54) is 0 Å². The molecule has 5 rings (SSSR count). The summed E-state index contributed by atoms with van der Waals surface area (Å²) in [6.45, 7) is 3.81. The summed E-state index contributed by atoms with van der Waals surface area (Å²) in [6.07, 6.45) is 0. The van der Waals surface area contributed by atoms with Gasteiger partial charge in [0, 0.05) is 31.7 Å². The topological polar surface area (TPSA) is 61.0 Å². The summed E-state index contributed by atoms with van der Waals surface area (Å²) in [5.41, 5.74) is 3.50. The van der Waals surface area contributed by atoms with Gasteiger partial charge in [0.15, 0.2) is 5.82 Å². The number of nitrogens with zero attached hydrogens (tertiary/aromatic N) is 2. The van der Waals surface area contributed by atoms with Crippen LogP contribution in [-0.4, -0.2) is 41.9 Å². The van der Waals surface area contributed by atoms with E-state index in [-0.39, 0.29) is 5.78 Å². The van der Waals surface area contributed by atoms with E-state index in [2.05, 4.69) is 26.3 Å². The first-order valence-corrected chi connectivity index (χ1v) is 9.27. The molecule has 0 unspecified atom stereocenters. The van der Waals surface area contributed by atoms with Crippen molar-refractivity contribution in [3.63, 3.8) is 0 Å². The summed E-state index contributed by atoms with van der Waals surface area (Å²) in [7, 11) is 0. The van der Waals surface area contributed by atoms with Gasteiger partial charge in [-0.15, -0.1) is 0 Å². The molecule has 27 heavy (non-hydrogen) atoms. The standard InChI is InChI=1S/C22H20N4O/c27-21(17-9-8-15-4-1-2-5-16(15)14-17)22-24-18-6-3-7-19(20(18)25-22)26-12-10-23-11-13-26/h1-9,14,23H,10-13H2,(H,24,25). The minimum Gasteiger partial charge on any atom is -0.367 e. The Balaban J connectivity index is 1.55. The lowest BCUT2D eigenvalue weighted by Gasteiger charge is -2.29. The van der Waals surface area contributed by atoms with Gasteiger partial charge in [0.05, 0.1) is 11.2 Å². The zero-order chi connectivity index (χ0) is 18.2. The molecule has 1 aromatic heterocycles. The van der Waals surface area contributed by atoms with Crippen molar-refractivity contribution in [3.05, 3.63) is 72.1 Å². The van der Waals surface area contributed by atoms with Gasteiger partial charge in [0.1, 0.15) is 5.52 Å². The molecule has 0 bridgehead atoms. The van der Waals surface area contributed by atoms with Crippen LogP contribution in [0.2, 0.25) is 0 Å². The summed E-state index contributed by atoms with van der Waals surface area (Å²) >= 11 is 0. The Morgan fingerprint density at radius 1 is 0.926 bits per heavy atom. The van der Waals surface area contributed by atoms with Crippen molar-refractivity contribution in [1.29, 1.82) is 0 Å². The zero-order valence-corrected chi connectivity index (χ0v) is 14.9. The molecular formula is C22H20N4O. The molecule has 0 aliphatic carbocycles. The van der Waals surface area contributed by atoms with Gasteiger partial charge in [-0.2, -0.15) is 0 Å². The number of benzene rings is 3. The van der Waals surface area contributed by atoms with Gasteiger partial charge < -0.3 is 15.2 Å². The number of ketones is 1. The van der Waals surface area contributed by atoms with Gasteiger partial charge in [-0.3, -0.25) is 4.79 Å². The van der Waals surface area contributed by atoms with E-state index in [9.17, 15) is 4.79 Å². The molecule has 0 amide bonds. The molecule has 0 atom stereocenters. The lowest BCUT2D eigenvalue weighted by Crippen LogP contribution is -2.43. The van der Waals surface area contributed by atoms with Crippen LogP contribution in [0.3, 0.4) is 0 Å². The fraction of sp³-hybridized carbons (Fsp3) is 0.182. The molecule has 0 spiro atoms. The minimum atomic E-state index is -0.0804. The van der Waals surface area contributed by atoms with Crippen molar-refractivity contribution in [3.8, 4) is 0 Å². The summed E-state index contributed by atoms with van der Waals surface area (Å²) in [4.78, 5) is 23.2. The summed E-state index contributed by atoms with van der Waals surface area (Å²) in [5.74, 6) is 0.311. The van der Waals surface area contributed by atoms with Crippen LogP contribution in [0.5, 0.6) is 0 Å². The van der Waals surface area contributed by atoms with Gasteiger partial charge in [-0.05, 0) is 29.0 Å². The number of rotatable bonds is 3. The zero-order valence-electron chi connectivity index (χ0n) is 14.9. The highest BCUT2D eigenvalue weighted by Gasteiger charge is 2.19. The van der Waals surface area contributed by atoms with E-state index >= 15 is 0 Å². The Kier molecular flexibility index (Phi) is 3.87. The van der Waals surface area contributed by atoms with Gasteiger partial charge in [0.25, 0.3) is 0 Å². The molecular weight excluding hydrogens is 336 g/mol. The first-order valence-electron chi connectivity index (χ1n) is 9.27. The molecule has 5 nitrogen and oxygen atoms in total. The number of piperazine rings is 1. The molecule has 0 radical (unpaired) electrons. The fourth-order valence-corrected chi connectivity index (χ4v) is 3.75. The smallest absolute Gasteiger partial charge is 0.228 e. The van der Waals surface area contributed by atoms with E-state index < -0.39 is 0 Å². The van der Waals surface area contributed by atoms with Crippen LogP contribution in [0.25, 0.3) is 21.8 Å². The molecule has 134 valence electrons. The molecule has 1 aliphatic heterocycles. The molecule has 1 fully saturated rings. The molecule has 0 saturated carbocycles. The van der Waals surface area contributed by atoms with Crippen LogP contribution in [0.1, 0.15) is 16.2 Å². The van der Waals surface area contributed by atoms with Crippen molar-refractivity contribution in [2.75, 3.05) is 31.1 Å². The van der Waals surface area contributed by atoms with Crippen molar-refractivity contribution < 1.29 is 4.79 Å².